The summed E-state index contributed by atoms with van der Waals surface area (Å²) in [6.07, 6.45) is 2.71. The van der Waals surface area contributed by atoms with Crippen molar-refractivity contribution in [2.75, 3.05) is 0 Å². The van der Waals surface area contributed by atoms with Gasteiger partial charge in [-0.25, -0.2) is 4.79 Å². The van der Waals surface area contributed by atoms with Gasteiger partial charge in [0.15, 0.2) is 5.76 Å². The van der Waals surface area contributed by atoms with Crippen molar-refractivity contribution in [2.24, 2.45) is 7.05 Å². The minimum absolute atomic E-state index is 0.0360. The molecule has 0 fully saturated rings. The van der Waals surface area contributed by atoms with Gasteiger partial charge in [0.2, 0.25) is 5.88 Å². The number of rotatable bonds is 8. The zero-order chi connectivity index (χ0) is 16.1. The maximum atomic E-state index is 11.0. The van der Waals surface area contributed by atoms with Crippen LogP contribution < -0.4 is 4.74 Å². The summed E-state index contributed by atoms with van der Waals surface area (Å²) in [5.74, 6) is -0.513. The van der Waals surface area contributed by atoms with Gasteiger partial charge in [0.05, 0.1) is 11.3 Å². The molecule has 8 nitrogen and oxygen atoms in total. The molecule has 2 aromatic rings. The molecule has 0 unspecified atom stereocenters. The lowest BCUT2D eigenvalue weighted by Gasteiger charge is -2.04. The number of carboxylic acids is 1. The molecule has 2 rings (SSSR count). The van der Waals surface area contributed by atoms with Gasteiger partial charge in [0.1, 0.15) is 18.9 Å². The van der Waals surface area contributed by atoms with E-state index in [9.17, 15) is 9.90 Å². The number of unbranched alkanes of at least 4 members (excludes halogenated alkanes) is 1. The third kappa shape index (κ3) is 3.45. The van der Waals surface area contributed by atoms with Gasteiger partial charge in [-0.15, -0.1) is 5.10 Å². The quantitative estimate of drug-likeness (QED) is 0.760. The Morgan fingerprint density at radius 2 is 2.27 bits per heavy atom. The summed E-state index contributed by atoms with van der Waals surface area (Å²) in [6, 6.07) is 1.35. The Labute approximate surface area is 127 Å². The summed E-state index contributed by atoms with van der Waals surface area (Å²) < 4.78 is 11.8. The van der Waals surface area contributed by atoms with Gasteiger partial charge in [-0.3, -0.25) is 4.68 Å². The lowest BCUT2D eigenvalue weighted by Crippen LogP contribution is -2.05. The average molecular weight is 309 g/mol. The lowest BCUT2D eigenvalue weighted by molar-refractivity contribution is 0.0685. The van der Waals surface area contributed by atoms with Gasteiger partial charge in [-0.2, -0.15) is 0 Å². The molecule has 0 radical (unpaired) electrons. The second kappa shape index (κ2) is 7.08. The first-order valence-corrected chi connectivity index (χ1v) is 7.04. The number of carboxylic acid groups (broad SMARTS) is 1. The highest BCUT2D eigenvalue weighted by Gasteiger charge is 2.17. The van der Waals surface area contributed by atoms with Crippen molar-refractivity contribution < 1.29 is 24.3 Å². The molecular weight excluding hydrogens is 290 g/mol. The summed E-state index contributed by atoms with van der Waals surface area (Å²) in [7, 11) is 1.53. The molecule has 0 aromatic carbocycles. The number of hydrogen-bond acceptors (Lipinski definition) is 6. The molecule has 0 aliphatic rings. The van der Waals surface area contributed by atoms with Gasteiger partial charge < -0.3 is 19.5 Å². The van der Waals surface area contributed by atoms with Crippen LogP contribution in [0.1, 0.15) is 47.3 Å². The fraction of sp³-hybridized carbons (Fsp3) is 0.500. The van der Waals surface area contributed by atoms with Crippen LogP contribution in [0.5, 0.6) is 5.88 Å². The third-order valence-electron chi connectivity index (χ3n) is 3.30. The molecule has 2 heterocycles. The second-order valence-electron chi connectivity index (χ2n) is 4.88. The first kappa shape index (κ1) is 16.0. The summed E-state index contributed by atoms with van der Waals surface area (Å²) in [5, 5.41) is 26.2. The Bertz CT molecular complexity index is 647. The standard InChI is InChI=1S/C14H19N3O5/c1-3-4-5-10-9(12(7-18)22-16-10)8-21-13-6-11(14(19)20)17(2)15-13/h6,18H,3-5,7-8H2,1-2H3,(H,19,20). The highest BCUT2D eigenvalue weighted by atomic mass is 16.5. The second-order valence-corrected chi connectivity index (χ2v) is 4.88. The van der Waals surface area contributed by atoms with Gasteiger partial charge >= 0.3 is 5.97 Å². The molecule has 0 atom stereocenters. The fourth-order valence-corrected chi connectivity index (χ4v) is 2.07. The monoisotopic (exact) mass is 309 g/mol. The van der Waals surface area contributed by atoms with E-state index in [0.717, 1.165) is 25.0 Å². The first-order chi connectivity index (χ1) is 10.6. The maximum absolute atomic E-state index is 11.0. The first-order valence-electron chi connectivity index (χ1n) is 7.04. The topological polar surface area (TPSA) is 111 Å². The van der Waals surface area contributed by atoms with Crippen molar-refractivity contribution >= 4 is 5.97 Å². The molecule has 2 aromatic heterocycles. The van der Waals surface area contributed by atoms with Crippen molar-refractivity contribution in [1.29, 1.82) is 0 Å². The number of aliphatic hydroxyl groups is 1. The predicted molar refractivity (Wildman–Crippen MR) is 75.5 cm³/mol. The number of aromatic nitrogens is 3. The molecule has 8 heteroatoms. The van der Waals surface area contributed by atoms with Gasteiger partial charge in [-0.05, 0) is 12.8 Å². The van der Waals surface area contributed by atoms with E-state index in [4.69, 9.17) is 14.4 Å². The number of hydrogen-bond donors (Lipinski definition) is 2. The van der Waals surface area contributed by atoms with Crippen molar-refractivity contribution in [1.82, 2.24) is 14.9 Å². The van der Waals surface area contributed by atoms with E-state index >= 15 is 0 Å². The highest BCUT2D eigenvalue weighted by Crippen LogP contribution is 2.20. The van der Waals surface area contributed by atoms with Crippen LogP contribution in [0.25, 0.3) is 0 Å². The summed E-state index contributed by atoms with van der Waals surface area (Å²) in [5.41, 5.74) is 1.48. The average Bonchev–Trinajstić information content (AvgIpc) is 3.05. The smallest absolute Gasteiger partial charge is 0.354 e. The Morgan fingerprint density at radius 1 is 1.50 bits per heavy atom. The van der Waals surface area contributed by atoms with Gasteiger partial charge in [0, 0.05) is 13.1 Å². The maximum Gasteiger partial charge on any atom is 0.354 e. The third-order valence-corrected chi connectivity index (χ3v) is 3.30. The van der Waals surface area contributed by atoms with Crippen LogP contribution >= 0.6 is 0 Å². The van der Waals surface area contributed by atoms with Crippen LogP contribution in [0.2, 0.25) is 0 Å². The minimum atomic E-state index is -1.07. The molecule has 2 N–H and O–H groups in total. The molecule has 0 saturated heterocycles. The molecule has 0 amide bonds. The van der Waals surface area contributed by atoms with Gasteiger partial charge in [-0.1, -0.05) is 18.5 Å². The van der Waals surface area contributed by atoms with Crippen LogP contribution in [0.3, 0.4) is 0 Å². The molecule has 0 aliphatic heterocycles. The van der Waals surface area contributed by atoms with Crippen LogP contribution in [-0.2, 0) is 26.7 Å². The molecule has 0 spiro atoms. The largest absolute Gasteiger partial charge is 0.477 e. The van der Waals surface area contributed by atoms with Crippen molar-refractivity contribution in [3.05, 3.63) is 28.8 Å². The number of carbonyl (C=O) groups is 1. The predicted octanol–water partition coefficient (Wildman–Crippen LogP) is 1.52. The number of aryl methyl sites for hydroxylation is 2. The fourth-order valence-electron chi connectivity index (χ4n) is 2.07. The Hall–Kier alpha value is -2.35. The van der Waals surface area contributed by atoms with Crippen LogP contribution in [0.15, 0.2) is 10.6 Å². The van der Waals surface area contributed by atoms with E-state index in [1.807, 2.05) is 0 Å². The normalized spacial score (nSPS) is 10.9. The van der Waals surface area contributed by atoms with E-state index in [1.165, 1.54) is 17.8 Å². The number of nitrogens with zero attached hydrogens (tertiary/aromatic N) is 3. The van der Waals surface area contributed by atoms with Crippen LogP contribution in [-0.4, -0.2) is 31.1 Å². The molecule has 0 aliphatic carbocycles. The summed E-state index contributed by atoms with van der Waals surface area (Å²) in [6.45, 7) is 1.93. The Balaban J connectivity index is 2.11. The number of ether oxygens (including phenoxy) is 1. The molecule has 120 valence electrons. The van der Waals surface area contributed by atoms with Crippen molar-refractivity contribution in [2.45, 2.75) is 39.4 Å². The van der Waals surface area contributed by atoms with Crippen LogP contribution in [0, 0.1) is 0 Å². The van der Waals surface area contributed by atoms with Crippen LogP contribution in [0.4, 0.5) is 0 Å². The van der Waals surface area contributed by atoms with E-state index in [-0.39, 0.29) is 24.8 Å². The summed E-state index contributed by atoms with van der Waals surface area (Å²) >= 11 is 0. The molecule has 0 saturated carbocycles. The van der Waals surface area contributed by atoms with Gasteiger partial charge in [0.25, 0.3) is 0 Å². The molecular formula is C14H19N3O5. The Kier molecular flexibility index (Phi) is 5.16. The van der Waals surface area contributed by atoms with E-state index in [0.29, 0.717) is 11.3 Å². The highest BCUT2D eigenvalue weighted by molar-refractivity contribution is 5.85. The molecule has 0 bridgehead atoms. The molecule has 22 heavy (non-hydrogen) atoms. The SMILES string of the molecule is CCCCc1noc(CO)c1COc1cc(C(=O)O)n(C)n1. The minimum Gasteiger partial charge on any atom is -0.477 e. The number of aromatic carboxylic acids is 1. The zero-order valence-electron chi connectivity index (χ0n) is 12.6. The van der Waals surface area contributed by atoms with E-state index in [2.05, 4.69) is 17.2 Å². The van der Waals surface area contributed by atoms with E-state index in [1.54, 1.807) is 0 Å². The Morgan fingerprint density at radius 3 is 2.86 bits per heavy atom. The van der Waals surface area contributed by atoms with E-state index < -0.39 is 5.97 Å². The lowest BCUT2D eigenvalue weighted by atomic mass is 10.1. The van der Waals surface area contributed by atoms with Crippen molar-refractivity contribution in [3.63, 3.8) is 0 Å². The zero-order valence-corrected chi connectivity index (χ0v) is 12.6. The number of aliphatic hydroxyl groups excluding tert-OH is 1. The summed E-state index contributed by atoms with van der Waals surface area (Å²) in [4.78, 5) is 11.0. The van der Waals surface area contributed by atoms with Crippen molar-refractivity contribution in [3.8, 4) is 5.88 Å².